The van der Waals surface area contributed by atoms with Crippen LogP contribution in [0.1, 0.15) is 31.4 Å². The fraction of sp³-hybridized carbons (Fsp3) is 0.273. The maximum Gasteiger partial charge on any atom is 0.264 e. The summed E-state index contributed by atoms with van der Waals surface area (Å²) in [6.07, 6.45) is 3.12. The van der Waals surface area contributed by atoms with Gasteiger partial charge in [0.15, 0.2) is 11.7 Å². The summed E-state index contributed by atoms with van der Waals surface area (Å²) in [5.41, 5.74) is 4.44. The lowest BCUT2D eigenvalue weighted by molar-refractivity contribution is -0.118. The largest absolute Gasteiger partial charge is 0.483 e. The zero-order chi connectivity index (χ0) is 19.9. The van der Waals surface area contributed by atoms with Crippen molar-refractivity contribution in [3.05, 3.63) is 63.4 Å². The van der Waals surface area contributed by atoms with Crippen molar-refractivity contribution in [2.45, 2.75) is 33.1 Å². The van der Waals surface area contributed by atoms with E-state index in [2.05, 4.69) is 64.3 Å². The lowest BCUT2D eigenvalue weighted by Gasteiger charge is -2.09. The number of carbonyl (C=O) groups is 1. The highest BCUT2D eigenvalue weighted by atomic mass is 79.9. The fourth-order valence-electron chi connectivity index (χ4n) is 2.78. The second kappa shape index (κ2) is 9.85. The molecular weight excluding hydrogens is 436 g/mol. The third kappa shape index (κ3) is 5.42. The van der Waals surface area contributed by atoms with Gasteiger partial charge < -0.3 is 4.74 Å². The first-order valence-electron chi connectivity index (χ1n) is 9.35. The minimum Gasteiger partial charge on any atom is -0.483 e. The quantitative estimate of drug-likeness (QED) is 0.443. The van der Waals surface area contributed by atoms with Crippen molar-refractivity contribution in [1.82, 2.24) is 4.98 Å². The number of anilines is 1. The van der Waals surface area contributed by atoms with Crippen molar-refractivity contribution in [3.63, 3.8) is 0 Å². The van der Waals surface area contributed by atoms with Crippen molar-refractivity contribution in [2.75, 3.05) is 11.9 Å². The molecule has 0 aliphatic carbocycles. The maximum absolute atomic E-state index is 12.2. The van der Waals surface area contributed by atoms with Gasteiger partial charge >= 0.3 is 0 Å². The number of halogens is 1. The van der Waals surface area contributed by atoms with Gasteiger partial charge in [0.2, 0.25) is 0 Å². The third-order valence-corrected chi connectivity index (χ3v) is 5.68. The lowest BCUT2D eigenvalue weighted by atomic mass is 10.1. The van der Waals surface area contributed by atoms with Crippen LogP contribution in [-0.2, 0) is 17.6 Å². The van der Waals surface area contributed by atoms with E-state index in [1.54, 1.807) is 0 Å². The number of rotatable bonds is 8. The molecule has 1 amide bonds. The van der Waals surface area contributed by atoms with E-state index in [0.717, 1.165) is 35.0 Å². The Bertz CT molecular complexity index is 938. The lowest BCUT2D eigenvalue weighted by Crippen LogP contribution is -2.20. The van der Waals surface area contributed by atoms with Gasteiger partial charge in [0.1, 0.15) is 5.75 Å². The molecule has 0 saturated carbocycles. The molecule has 6 heteroatoms. The van der Waals surface area contributed by atoms with Crippen molar-refractivity contribution >= 4 is 38.3 Å². The summed E-state index contributed by atoms with van der Waals surface area (Å²) < 4.78 is 6.50. The standard InChI is InChI=1S/C22H23BrN2O2S/c1-3-5-16-8-11-20(18(23)12-16)27-13-21(26)25-22-24-19(14-28-22)17-9-6-15(4-2)7-10-17/h6-12,14H,3-5,13H2,1-2H3,(H,24,25,26). The van der Waals surface area contributed by atoms with Crippen molar-refractivity contribution in [1.29, 1.82) is 0 Å². The summed E-state index contributed by atoms with van der Waals surface area (Å²) in [6.45, 7) is 4.21. The van der Waals surface area contributed by atoms with E-state index >= 15 is 0 Å². The normalized spacial score (nSPS) is 10.7. The predicted molar refractivity (Wildman–Crippen MR) is 119 cm³/mol. The summed E-state index contributed by atoms with van der Waals surface area (Å²) in [6, 6.07) is 14.3. The van der Waals surface area contributed by atoms with Gasteiger partial charge in [0.25, 0.3) is 5.91 Å². The summed E-state index contributed by atoms with van der Waals surface area (Å²) in [5.74, 6) is 0.428. The Morgan fingerprint density at radius 2 is 1.89 bits per heavy atom. The predicted octanol–water partition coefficient (Wildman–Crippen LogP) is 6.11. The Kier molecular flexibility index (Phi) is 7.23. The van der Waals surface area contributed by atoms with Crippen molar-refractivity contribution in [3.8, 4) is 17.0 Å². The van der Waals surface area contributed by atoms with Gasteiger partial charge in [-0.3, -0.25) is 10.1 Å². The van der Waals surface area contributed by atoms with E-state index < -0.39 is 0 Å². The highest BCUT2D eigenvalue weighted by Gasteiger charge is 2.10. The Morgan fingerprint density at radius 3 is 2.57 bits per heavy atom. The van der Waals surface area contributed by atoms with E-state index in [0.29, 0.717) is 10.9 Å². The Balaban J connectivity index is 1.56. The molecule has 28 heavy (non-hydrogen) atoms. The average Bonchev–Trinajstić information content (AvgIpc) is 3.16. The van der Waals surface area contributed by atoms with Crippen molar-refractivity contribution in [2.24, 2.45) is 0 Å². The van der Waals surface area contributed by atoms with Crippen LogP contribution in [0.4, 0.5) is 5.13 Å². The Morgan fingerprint density at radius 1 is 1.14 bits per heavy atom. The molecule has 4 nitrogen and oxygen atoms in total. The molecule has 0 aliphatic heterocycles. The monoisotopic (exact) mass is 458 g/mol. The van der Waals surface area contributed by atoms with Crippen LogP contribution in [0.15, 0.2) is 52.3 Å². The number of benzene rings is 2. The van der Waals surface area contributed by atoms with Gasteiger partial charge in [-0.25, -0.2) is 4.98 Å². The van der Waals surface area contributed by atoms with Crippen LogP contribution in [0, 0.1) is 0 Å². The van der Waals surface area contributed by atoms with Gasteiger partial charge in [-0.15, -0.1) is 11.3 Å². The topological polar surface area (TPSA) is 51.2 Å². The molecule has 0 atom stereocenters. The molecule has 1 aromatic heterocycles. The number of nitrogens with zero attached hydrogens (tertiary/aromatic N) is 1. The highest BCUT2D eigenvalue weighted by molar-refractivity contribution is 9.10. The van der Waals surface area contributed by atoms with E-state index in [1.807, 2.05) is 23.6 Å². The zero-order valence-corrected chi connectivity index (χ0v) is 18.4. The molecule has 0 aliphatic rings. The second-order valence-corrected chi connectivity index (χ2v) is 8.15. The number of amides is 1. The molecule has 1 N–H and O–H groups in total. The molecule has 0 saturated heterocycles. The molecule has 3 rings (SSSR count). The van der Waals surface area contributed by atoms with E-state index in [4.69, 9.17) is 4.74 Å². The van der Waals surface area contributed by atoms with Gasteiger partial charge in [-0.2, -0.15) is 0 Å². The molecule has 0 fully saturated rings. The van der Waals surface area contributed by atoms with Gasteiger partial charge in [0, 0.05) is 10.9 Å². The Labute approximate surface area is 178 Å². The van der Waals surface area contributed by atoms with Crippen molar-refractivity contribution < 1.29 is 9.53 Å². The summed E-state index contributed by atoms with van der Waals surface area (Å²) in [5, 5.41) is 5.32. The van der Waals surface area contributed by atoms with Gasteiger partial charge in [-0.05, 0) is 52.0 Å². The molecule has 0 radical (unpaired) electrons. The molecule has 0 unspecified atom stereocenters. The molecule has 3 aromatic rings. The summed E-state index contributed by atoms with van der Waals surface area (Å²) >= 11 is 4.91. The molecular formula is C22H23BrN2O2S. The summed E-state index contributed by atoms with van der Waals surface area (Å²) in [4.78, 5) is 16.7. The molecule has 146 valence electrons. The number of hydrogen-bond donors (Lipinski definition) is 1. The van der Waals surface area contributed by atoms with Crippen LogP contribution in [0.25, 0.3) is 11.3 Å². The maximum atomic E-state index is 12.2. The molecule has 1 heterocycles. The minimum atomic E-state index is -0.230. The first kappa shape index (κ1) is 20.6. The number of thiazole rings is 1. The number of aromatic nitrogens is 1. The molecule has 0 spiro atoms. The van der Waals surface area contributed by atoms with Crippen LogP contribution in [0.5, 0.6) is 5.75 Å². The Hall–Kier alpha value is -2.18. The van der Waals surface area contributed by atoms with Crippen LogP contribution >= 0.6 is 27.3 Å². The van der Waals surface area contributed by atoms with E-state index in [-0.39, 0.29) is 12.5 Å². The van der Waals surface area contributed by atoms with Gasteiger partial charge in [-0.1, -0.05) is 50.6 Å². The van der Waals surface area contributed by atoms with Gasteiger partial charge in [0.05, 0.1) is 10.2 Å². The minimum absolute atomic E-state index is 0.0637. The van der Waals surface area contributed by atoms with E-state index in [9.17, 15) is 4.79 Å². The second-order valence-electron chi connectivity index (χ2n) is 6.44. The summed E-state index contributed by atoms with van der Waals surface area (Å²) in [7, 11) is 0. The highest BCUT2D eigenvalue weighted by Crippen LogP contribution is 2.27. The third-order valence-electron chi connectivity index (χ3n) is 4.30. The SMILES string of the molecule is CCCc1ccc(OCC(=O)Nc2nc(-c3ccc(CC)cc3)cs2)c(Br)c1. The first-order valence-corrected chi connectivity index (χ1v) is 11.0. The number of ether oxygens (including phenoxy) is 1. The number of hydrogen-bond acceptors (Lipinski definition) is 4. The van der Waals surface area contributed by atoms with Crippen LogP contribution in [0.2, 0.25) is 0 Å². The van der Waals surface area contributed by atoms with Crippen LogP contribution in [0.3, 0.4) is 0 Å². The van der Waals surface area contributed by atoms with Crippen LogP contribution < -0.4 is 10.1 Å². The number of carbonyl (C=O) groups excluding carboxylic acids is 1. The smallest absolute Gasteiger partial charge is 0.264 e. The van der Waals surface area contributed by atoms with Crippen LogP contribution in [-0.4, -0.2) is 17.5 Å². The average molecular weight is 459 g/mol. The zero-order valence-electron chi connectivity index (χ0n) is 16.0. The molecule has 0 bridgehead atoms. The number of nitrogens with one attached hydrogen (secondary N) is 1. The number of aryl methyl sites for hydroxylation is 2. The fourth-order valence-corrected chi connectivity index (χ4v) is 4.06. The molecule has 2 aromatic carbocycles. The van der Waals surface area contributed by atoms with E-state index in [1.165, 1.54) is 22.5 Å². The first-order chi connectivity index (χ1) is 13.6.